The van der Waals surface area contributed by atoms with E-state index in [0.717, 1.165) is 27.8 Å². The third kappa shape index (κ3) is 2.42. The Morgan fingerprint density at radius 3 is 2.89 bits per heavy atom. The fourth-order valence-corrected chi connectivity index (χ4v) is 1.91. The highest BCUT2D eigenvalue weighted by Gasteiger charge is 2.07. The lowest BCUT2D eigenvalue weighted by Crippen LogP contribution is -2.15. The van der Waals surface area contributed by atoms with E-state index in [2.05, 4.69) is 15.0 Å². The highest BCUT2D eigenvalue weighted by molar-refractivity contribution is 5.94. The first-order valence-electron chi connectivity index (χ1n) is 5.79. The van der Waals surface area contributed by atoms with Crippen molar-refractivity contribution in [1.29, 1.82) is 0 Å². The van der Waals surface area contributed by atoms with Gasteiger partial charge in [-0.1, -0.05) is 18.2 Å². The number of aryl methyl sites for hydroxylation is 2. The summed E-state index contributed by atoms with van der Waals surface area (Å²) in [4.78, 5) is 15.7. The Kier molecular flexibility index (Phi) is 3.46. The zero-order valence-corrected chi connectivity index (χ0v) is 10.8. The number of pyridine rings is 1. The first-order chi connectivity index (χ1) is 8.61. The highest BCUT2D eigenvalue weighted by Crippen LogP contribution is 2.25. The van der Waals surface area contributed by atoms with E-state index in [-0.39, 0.29) is 12.5 Å². The Hall–Kier alpha value is -2.10. The van der Waals surface area contributed by atoms with E-state index in [1.165, 1.54) is 7.11 Å². The van der Waals surface area contributed by atoms with Gasteiger partial charge in [0.2, 0.25) is 0 Å². The fraction of sp³-hybridized carbons (Fsp3) is 0.286. The normalized spacial score (nSPS) is 10.4. The molecule has 0 aliphatic heterocycles. The molecule has 1 N–H and O–H groups in total. The standard InChI is InChI=1S/C14H16N2O2/c1-9-5-4-6-11-12(15-8-13(17)18-3)7-10(2)16-14(9)11/h4-7H,8H2,1-3H3,(H,15,16). The second kappa shape index (κ2) is 5.04. The molecular formula is C14H16N2O2. The third-order valence-electron chi connectivity index (χ3n) is 2.82. The molecule has 18 heavy (non-hydrogen) atoms. The predicted octanol–water partition coefficient (Wildman–Crippen LogP) is 2.44. The van der Waals surface area contributed by atoms with Gasteiger partial charge in [-0.15, -0.1) is 0 Å². The fourth-order valence-electron chi connectivity index (χ4n) is 1.91. The maximum Gasteiger partial charge on any atom is 0.325 e. The number of nitrogens with one attached hydrogen (secondary N) is 1. The molecule has 4 nitrogen and oxygen atoms in total. The van der Waals surface area contributed by atoms with Gasteiger partial charge in [0.25, 0.3) is 0 Å². The van der Waals surface area contributed by atoms with Gasteiger partial charge < -0.3 is 10.1 Å². The second-order valence-electron chi connectivity index (χ2n) is 4.21. The van der Waals surface area contributed by atoms with Crippen LogP contribution in [0.2, 0.25) is 0 Å². The number of aromatic nitrogens is 1. The Morgan fingerprint density at radius 2 is 2.17 bits per heavy atom. The summed E-state index contributed by atoms with van der Waals surface area (Å²) in [5.41, 5.74) is 3.91. The summed E-state index contributed by atoms with van der Waals surface area (Å²) in [5.74, 6) is -0.287. The molecule has 0 spiro atoms. The van der Waals surface area contributed by atoms with Crippen LogP contribution in [0, 0.1) is 13.8 Å². The number of fused-ring (bicyclic) bond motifs is 1. The molecule has 0 bridgehead atoms. The quantitative estimate of drug-likeness (QED) is 0.842. The smallest absolute Gasteiger partial charge is 0.325 e. The van der Waals surface area contributed by atoms with E-state index < -0.39 is 0 Å². The zero-order valence-electron chi connectivity index (χ0n) is 10.8. The summed E-state index contributed by atoms with van der Waals surface area (Å²) in [7, 11) is 1.38. The van der Waals surface area contributed by atoms with Gasteiger partial charge in [-0.25, -0.2) is 0 Å². The summed E-state index contributed by atoms with van der Waals surface area (Å²) in [6.45, 7) is 4.12. The molecule has 4 heteroatoms. The zero-order chi connectivity index (χ0) is 13.1. The Labute approximate surface area is 106 Å². The van der Waals surface area contributed by atoms with Crippen LogP contribution in [-0.4, -0.2) is 24.6 Å². The molecule has 0 radical (unpaired) electrons. The first kappa shape index (κ1) is 12.4. The van der Waals surface area contributed by atoms with Crippen molar-refractivity contribution in [2.24, 2.45) is 0 Å². The molecule has 94 valence electrons. The molecule has 2 aromatic rings. The van der Waals surface area contributed by atoms with Crippen LogP contribution in [0.15, 0.2) is 24.3 Å². The number of hydrogen-bond acceptors (Lipinski definition) is 4. The Bertz CT molecular complexity index is 594. The Balaban J connectivity index is 2.43. The summed E-state index contributed by atoms with van der Waals surface area (Å²) in [6.07, 6.45) is 0. The van der Waals surface area contributed by atoms with Crippen LogP contribution in [0.4, 0.5) is 5.69 Å². The molecule has 0 saturated carbocycles. The monoisotopic (exact) mass is 244 g/mol. The maximum atomic E-state index is 11.2. The average molecular weight is 244 g/mol. The largest absolute Gasteiger partial charge is 0.468 e. The molecule has 1 aromatic carbocycles. The van der Waals surface area contributed by atoms with Gasteiger partial charge in [0.15, 0.2) is 0 Å². The van der Waals surface area contributed by atoms with Crippen molar-refractivity contribution in [3.63, 3.8) is 0 Å². The summed E-state index contributed by atoms with van der Waals surface area (Å²) in [6, 6.07) is 7.94. The number of carbonyl (C=O) groups excluding carboxylic acids is 1. The molecular weight excluding hydrogens is 228 g/mol. The second-order valence-corrected chi connectivity index (χ2v) is 4.21. The molecule has 2 rings (SSSR count). The van der Waals surface area contributed by atoms with Crippen molar-refractivity contribution in [3.05, 3.63) is 35.5 Å². The minimum atomic E-state index is -0.287. The van der Waals surface area contributed by atoms with Crippen LogP contribution < -0.4 is 5.32 Å². The maximum absolute atomic E-state index is 11.2. The summed E-state index contributed by atoms with van der Waals surface area (Å²) in [5, 5.41) is 4.11. The van der Waals surface area contributed by atoms with E-state index in [0.29, 0.717) is 0 Å². The first-order valence-corrected chi connectivity index (χ1v) is 5.79. The molecule has 0 unspecified atom stereocenters. The summed E-state index contributed by atoms with van der Waals surface area (Å²) < 4.78 is 4.62. The van der Waals surface area contributed by atoms with Crippen molar-refractivity contribution in [2.45, 2.75) is 13.8 Å². The molecule has 0 atom stereocenters. The van der Waals surface area contributed by atoms with Crippen LogP contribution in [0.1, 0.15) is 11.3 Å². The van der Waals surface area contributed by atoms with Gasteiger partial charge in [0.1, 0.15) is 6.54 Å². The molecule has 1 heterocycles. The minimum Gasteiger partial charge on any atom is -0.468 e. The van der Waals surface area contributed by atoms with Crippen molar-refractivity contribution >= 4 is 22.6 Å². The number of para-hydroxylation sites is 1. The Morgan fingerprint density at radius 1 is 1.39 bits per heavy atom. The lowest BCUT2D eigenvalue weighted by Gasteiger charge is -2.11. The third-order valence-corrected chi connectivity index (χ3v) is 2.82. The van der Waals surface area contributed by atoms with E-state index in [9.17, 15) is 4.79 Å². The van der Waals surface area contributed by atoms with Gasteiger partial charge in [-0.2, -0.15) is 0 Å². The number of methoxy groups -OCH3 is 1. The number of esters is 1. The molecule has 0 aliphatic rings. The molecule has 0 saturated heterocycles. The van der Waals surface area contributed by atoms with Crippen LogP contribution >= 0.6 is 0 Å². The predicted molar refractivity (Wildman–Crippen MR) is 71.7 cm³/mol. The van der Waals surface area contributed by atoms with E-state index in [1.807, 2.05) is 38.1 Å². The number of anilines is 1. The van der Waals surface area contributed by atoms with Crippen LogP contribution in [0.3, 0.4) is 0 Å². The molecule has 0 fully saturated rings. The van der Waals surface area contributed by atoms with Gasteiger partial charge in [0, 0.05) is 16.8 Å². The van der Waals surface area contributed by atoms with E-state index in [1.54, 1.807) is 0 Å². The number of ether oxygens (including phenoxy) is 1. The topological polar surface area (TPSA) is 51.2 Å². The number of hydrogen-bond donors (Lipinski definition) is 1. The van der Waals surface area contributed by atoms with Crippen molar-refractivity contribution < 1.29 is 9.53 Å². The van der Waals surface area contributed by atoms with Gasteiger partial charge in [-0.05, 0) is 25.5 Å². The average Bonchev–Trinajstić information content (AvgIpc) is 2.36. The molecule has 0 amide bonds. The van der Waals surface area contributed by atoms with Crippen molar-refractivity contribution in [2.75, 3.05) is 19.0 Å². The summed E-state index contributed by atoms with van der Waals surface area (Å²) >= 11 is 0. The van der Waals surface area contributed by atoms with Crippen LogP contribution in [-0.2, 0) is 9.53 Å². The highest BCUT2D eigenvalue weighted by atomic mass is 16.5. The number of carbonyl (C=O) groups is 1. The van der Waals surface area contributed by atoms with E-state index in [4.69, 9.17) is 0 Å². The van der Waals surface area contributed by atoms with Crippen LogP contribution in [0.25, 0.3) is 10.9 Å². The molecule has 0 aliphatic carbocycles. The van der Waals surface area contributed by atoms with Gasteiger partial charge in [-0.3, -0.25) is 9.78 Å². The lowest BCUT2D eigenvalue weighted by atomic mass is 10.1. The van der Waals surface area contributed by atoms with Crippen LogP contribution in [0.5, 0.6) is 0 Å². The number of benzene rings is 1. The van der Waals surface area contributed by atoms with Crippen molar-refractivity contribution in [1.82, 2.24) is 4.98 Å². The van der Waals surface area contributed by atoms with Crippen molar-refractivity contribution in [3.8, 4) is 0 Å². The van der Waals surface area contributed by atoms with Gasteiger partial charge >= 0.3 is 5.97 Å². The SMILES string of the molecule is COC(=O)CNc1cc(C)nc2c(C)cccc12. The number of rotatable bonds is 3. The minimum absolute atomic E-state index is 0.156. The number of nitrogens with zero attached hydrogens (tertiary/aromatic N) is 1. The van der Waals surface area contributed by atoms with E-state index >= 15 is 0 Å². The van der Waals surface area contributed by atoms with Gasteiger partial charge in [0.05, 0.1) is 12.6 Å². The lowest BCUT2D eigenvalue weighted by molar-refractivity contribution is -0.138. The molecule has 1 aromatic heterocycles.